The zero-order valence-corrected chi connectivity index (χ0v) is 11.6. The Bertz CT molecular complexity index is 492. The Labute approximate surface area is 115 Å². The van der Waals surface area contributed by atoms with Crippen molar-refractivity contribution >= 4 is 23.0 Å². The van der Waals surface area contributed by atoms with Crippen molar-refractivity contribution in [1.29, 1.82) is 0 Å². The standard InChI is InChI=1S/C12H15F2N3OS/c1-7-4-5-10(18-11(13)14)9(6-7)8(2)16-17-12(19)15-3/h4-6,11H,1-3H3,(H2,15,17,19)/b16-8-. The van der Waals surface area contributed by atoms with Gasteiger partial charge in [0.25, 0.3) is 0 Å². The van der Waals surface area contributed by atoms with Gasteiger partial charge in [0.05, 0.1) is 5.71 Å². The Morgan fingerprint density at radius 2 is 2.11 bits per heavy atom. The van der Waals surface area contributed by atoms with Gasteiger partial charge < -0.3 is 10.1 Å². The van der Waals surface area contributed by atoms with Crippen LogP contribution in [0.25, 0.3) is 0 Å². The highest BCUT2D eigenvalue weighted by Gasteiger charge is 2.12. The van der Waals surface area contributed by atoms with E-state index in [1.54, 1.807) is 26.1 Å². The first-order chi connectivity index (χ1) is 8.93. The fourth-order valence-electron chi connectivity index (χ4n) is 1.38. The number of alkyl halides is 2. The Kier molecular flexibility index (Phi) is 5.62. The van der Waals surface area contributed by atoms with Crippen molar-refractivity contribution in [1.82, 2.24) is 10.7 Å². The van der Waals surface area contributed by atoms with Crippen LogP contribution in [-0.4, -0.2) is 24.5 Å². The summed E-state index contributed by atoms with van der Waals surface area (Å²) in [4.78, 5) is 0. The molecular weight excluding hydrogens is 272 g/mol. The highest BCUT2D eigenvalue weighted by atomic mass is 32.1. The zero-order valence-electron chi connectivity index (χ0n) is 10.8. The van der Waals surface area contributed by atoms with Gasteiger partial charge in [-0.25, -0.2) is 0 Å². The van der Waals surface area contributed by atoms with Gasteiger partial charge in [-0.1, -0.05) is 11.6 Å². The molecule has 1 aromatic rings. The van der Waals surface area contributed by atoms with Gasteiger partial charge in [0.1, 0.15) is 5.75 Å². The summed E-state index contributed by atoms with van der Waals surface area (Å²) in [5, 5.41) is 7.04. The van der Waals surface area contributed by atoms with Gasteiger partial charge in [0.15, 0.2) is 5.11 Å². The van der Waals surface area contributed by atoms with E-state index in [2.05, 4.69) is 20.6 Å². The van der Waals surface area contributed by atoms with E-state index in [1.807, 2.05) is 6.92 Å². The predicted octanol–water partition coefficient (Wildman–Crippen LogP) is 2.41. The van der Waals surface area contributed by atoms with Crippen molar-refractivity contribution in [3.8, 4) is 5.75 Å². The Morgan fingerprint density at radius 1 is 1.42 bits per heavy atom. The molecule has 0 fully saturated rings. The van der Waals surface area contributed by atoms with Crippen molar-refractivity contribution in [2.24, 2.45) is 5.10 Å². The van der Waals surface area contributed by atoms with Crippen molar-refractivity contribution in [2.45, 2.75) is 20.5 Å². The Morgan fingerprint density at radius 3 is 2.68 bits per heavy atom. The molecule has 0 bridgehead atoms. The molecule has 0 aliphatic rings. The number of nitrogens with zero attached hydrogens (tertiary/aromatic N) is 1. The Hall–Kier alpha value is -1.76. The average molecular weight is 287 g/mol. The molecule has 7 heteroatoms. The number of hydrazone groups is 1. The summed E-state index contributed by atoms with van der Waals surface area (Å²) in [6.45, 7) is 0.660. The predicted molar refractivity (Wildman–Crippen MR) is 74.8 cm³/mol. The quantitative estimate of drug-likeness (QED) is 0.507. The van der Waals surface area contributed by atoms with E-state index in [1.165, 1.54) is 6.07 Å². The second-order valence-corrected chi connectivity index (χ2v) is 4.17. The molecule has 2 N–H and O–H groups in total. The first kappa shape index (κ1) is 15.3. The molecule has 0 atom stereocenters. The van der Waals surface area contributed by atoms with Crippen LogP contribution in [-0.2, 0) is 0 Å². The van der Waals surface area contributed by atoms with Crippen molar-refractivity contribution < 1.29 is 13.5 Å². The molecule has 0 radical (unpaired) electrons. The number of thiocarbonyl (C=S) groups is 1. The van der Waals surface area contributed by atoms with E-state index in [4.69, 9.17) is 12.2 Å². The van der Waals surface area contributed by atoms with Gasteiger partial charge >= 0.3 is 6.61 Å². The number of aryl methyl sites for hydroxylation is 1. The number of rotatable bonds is 4. The molecule has 0 unspecified atom stereocenters. The number of hydrogen-bond donors (Lipinski definition) is 2. The second kappa shape index (κ2) is 6.98. The Balaban J connectivity index is 3.02. The van der Waals surface area contributed by atoms with Crippen LogP contribution in [0.1, 0.15) is 18.1 Å². The number of benzene rings is 1. The summed E-state index contributed by atoms with van der Waals surface area (Å²) >= 11 is 4.87. The lowest BCUT2D eigenvalue weighted by molar-refractivity contribution is -0.0499. The minimum absolute atomic E-state index is 0.0824. The fourth-order valence-corrected chi connectivity index (χ4v) is 1.42. The normalized spacial score (nSPS) is 11.4. The number of halogens is 2. The van der Waals surface area contributed by atoms with Crippen LogP contribution in [0.5, 0.6) is 5.75 Å². The highest BCUT2D eigenvalue weighted by molar-refractivity contribution is 7.80. The molecule has 0 saturated heterocycles. The van der Waals surface area contributed by atoms with Crippen LogP contribution in [0, 0.1) is 6.92 Å². The van der Waals surface area contributed by atoms with Crippen LogP contribution in [0.4, 0.5) is 8.78 Å². The molecule has 0 amide bonds. The minimum Gasteiger partial charge on any atom is -0.434 e. The second-order valence-electron chi connectivity index (χ2n) is 3.77. The zero-order chi connectivity index (χ0) is 14.4. The smallest absolute Gasteiger partial charge is 0.387 e. The van der Waals surface area contributed by atoms with Crippen LogP contribution in [0.15, 0.2) is 23.3 Å². The summed E-state index contributed by atoms with van der Waals surface area (Å²) in [7, 11) is 1.65. The first-order valence-corrected chi connectivity index (χ1v) is 5.92. The van der Waals surface area contributed by atoms with Gasteiger partial charge in [0.2, 0.25) is 0 Å². The third-order valence-electron chi connectivity index (χ3n) is 2.29. The maximum absolute atomic E-state index is 12.3. The monoisotopic (exact) mass is 287 g/mol. The van der Waals surface area contributed by atoms with Crippen LogP contribution >= 0.6 is 12.2 Å². The molecule has 0 heterocycles. The molecule has 104 valence electrons. The SMILES string of the molecule is CNC(=S)N/N=C(/C)c1cc(C)ccc1OC(F)F. The van der Waals surface area contributed by atoms with E-state index in [0.29, 0.717) is 16.4 Å². The topological polar surface area (TPSA) is 45.7 Å². The number of ether oxygens (including phenoxy) is 1. The van der Waals surface area contributed by atoms with Crippen molar-refractivity contribution in [2.75, 3.05) is 7.05 Å². The third kappa shape index (κ3) is 4.78. The summed E-state index contributed by atoms with van der Waals surface area (Å²) in [6, 6.07) is 4.91. The maximum Gasteiger partial charge on any atom is 0.387 e. The largest absolute Gasteiger partial charge is 0.434 e. The molecule has 19 heavy (non-hydrogen) atoms. The molecule has 1 rings (SSSR count). The maximum atomic E-state index is 12.3. The molecule has 0 aliphatic carbocycles. The van der Waals surface area contributed by atoms with Crippen LogP contribution in [0.2, 0.25) is 0 Å². The summed E-state index contributed by atoms with van der Waals surface area (Å²) in [5.41, 5.74) is 4.50. The van der Waals surface area contributed by atoms with Crippen molar-refractivity contribution in [3.05, 3.63) is 29.3 Å². The fraction of sp³-hybridized carbons (Fsp3) is 0.333. The van der Waals surface area contributed by atoms with Gasteiger partial charge in [-0.05, 0) is 38.2 Å². The summed E-state index contributed by atoms with van der Waals surface area (Å²) in [5.74, 6) is 0.0824. The van der Waals surface area contributed by atoms with E-state index in [0.717, 1.165) is 5.56 Å². The number of hydrogen-bond acceptors (Lipinski definition) is 3. The first-order valence-electron chi connectivity index (χ1n) is 5.52. The highest BCUT2D eigenvalue weighted by Crippen LogP contribution is 2.22. The minimum atomic E-state index is -2.87. The molecular formula is C12H15F2N3OS. The molecule has 0 aromatic heterocycles. The molecule has 0 saturated carbocycles. The van der Waals surface area contributed by atoms with E-state index < -0.39 is 6.61 Å². The average Bonchev–Trinajstić information content (AvgIpc) is 2.37. The van der Waals surface area contributed by atoms with E-state index in [9.17, 15) is 8.78 Å². The summed E-state index contributed by atoms with van der Waals surface area (Å²) < 4.78 is 29.1. The molecule has 1 aromatic carbocycles. The van der Waals surface area contributed by atoms with Gasteiger partial charge in [-0.2, -0.15) is 13.9 Å². The van der Waals surface area contributed by atoms with Gasteiger partial charge in [0, 0.05) is 12.6 Å². The molecule has 0 aliphatic heterocycles. The molecule has 0 spiro atoms. The van der Waals surface area contributed by atoms with E-state index in [-0.39, 0.29) is 5.75 Å². The lowest BCUT2D eigenvalue weighted by atomic mass is 10.1. The van der Waals surface area contributed by atoms with Crippen molar-refractivity contribution in [3.63, 3.8) is 0 Å². The van der Waals surface area contributed by atoms with Gasteiger partial charge in [-0.15, -0.1) is 0 Å². The van der Waals surface area contributed by atoms with E-state index >= 15 is 0 Å². The van der Waals surface area contributed by atoms with Crippen LogP contribution in [0.3, 0.4) is 0 Å². The van der Waals surface area contributed by atoms with Crippen LogP contribution < -0.4 is 15.5 Å². The lowest BCUT2D eigenvalue weighted by Gasteiger charge is -2.11. The number of nitrogens with one attached hydrogen (secondary N) is 2. The molecule has 4 nitrogen and oxygen atoms in total. The lowest BCUT2D eigenvalue weighted by Crippen LogP contribution is -2.29. The third-order valence-corrected chi connectivity index (χ3v) is 2.59. The summed E-state index contributed by atoms with van der Waals surface area (Å²) in [6.07, 6.45) is 0. The van der Waals surface area contributed by atoms with Gasteiger partial charge in [-0.3, -0.25) is 5.43 Å².